The van der Waals surface area contributed by atoms with Gasteiger partial charge in [-0.2, -0.15) is 0 Å². The van der Waals surface area contributed by atoms with Crippen LogP contribution in [0.4, 0.5) is 5.69 Å². The van der Waals surface area contributed by atoms with E-state index >= 15 is 0 Å². The van der Waals surface area contributed by atoms with Gasteiger partial charge in [-0.3, -0.25) is 0 Å². The van der Waals surface area contributed by atoms with Crippen LogP contribution in [0.5, 0.6) is 5.75 Å². The Labute approximate surface area is 190 Å². The third-order valence-corrected chi connectivity index (χ3v) is 8.23. The summed E-state index contributed by atoms with van der Waals surface area (Å²) in [6, 6.07) is 9.47. The van der Waals surface area contributed by atoms with Crippen molar-refractivity contribution < 1.29 is 9.47 Å². The fourth-order valence-corrected chi connectivity index (χ4v) is 6.29. The van der Waals surface area contributed by atoms with Crippen molar-refractivity contribution in [2.45, 2.75) is 44.1 Å². The van der Waals surface area contributed by atoms with Crippen LogP contribution >= 0.6 is 0 Å². The van der Waals surface area contributed by atoms with E-state index in [4.69, 9.17) is 9.47 Å². The minimum absolute atomic E-state index is 0.517. The van der Waals surface area contributed by atoms with Crippen LogP contribution in [0.1, 0.15) is 43.6 Å². The molecule has 3 aliphatic heterocycles. The molecule has 1 aromatic heterocycles. The highest BCUT2D eigenvalue weighted by atomic mass is 16.5. The fraction of sp³-hybridized carbons (Fsp3) is 0.615. The number of aromatic nitrogens is 2. The first-order valence-corrected chi connectivity index (χ1v) is 12.3. The molecule has 6 heteroatoms. The minimum atomic E-state index is 0.517. The molecule has 6 rings (SSSR count). The van der Waals surface area contributed by atoms with Crippen molar-refractivity contribution in [1.29, 1.82) is 0 Å². The van der Waals surface area contributed by atoms with E-state index in [9.17, 15) is 0 Å². The summed E-state index contributed by atoms with van der Waals surface area (Å²) in [6.45, 7) is 7.25. The molecule has 0 amide bonds. The molecule has 1 unspecified atom stereocenters. The van der Waals surface area contributed by atoms with Gasteiger partial charge >= 0.3 is 0 Å². The summed E-state index contributed by atoms with van der Waals surface area (Å²) in [7, 11) is 0. The zero-order valence-electron chi connectivity index (χ0n) is 18.9. The molecule has 32 heavy (non-hydrogen) atoms. The fourth-order valence-electron chi connectivity index (χ4n) is 6.29. The maximum atomic E-state index is 6.21. The Morgan fingerprint density at radius 1 is 1.03 bits per heavy atom. The highest BCUT2D eigenvalue weighted by Gasteiger charge is 2.49. The van der Waals surface area contributed by atoms with Crippen molar-refractivity contribution in [1.82, 2.24) is 14.9 Å². The van der Waals surface area contributed by atoms with Crippen LogP contribution in [0, 0.1) is 11.3 Å². The van der Waals surface area contributed by atoms with Crippen LogP contribution in [0.25, 0.3) is 0 Å². The predicted molar refractivity (Wildman–Crippen MR) is 124 cm³/mol. The van der Waals surface area contributed by atoms with E-state index in [-0.39, 0.29) is 0 Å². The Balaban J connectivity index is 1.02. The van der Waals surface area contributed by atoms with Crippen molar-refractivity contribution in [3.63, 3.8) is 0 Å². The number of rotatable bonds is 6. The Morgan fingerprint density at radius 3 is 2.56 bits per heavy atom. The van der Waals surface area contributed by atoms with E-state index in [1.165, 1.54) is 69.5 Å². The first-order valence-electron chi connectivity index (χ1n) is 12.3. The summed E-state index contributed by atoms with van der Waals surface area (Å²) < 4.78 is 11.5. The number of likely N-dealkylation sites (tertiary alicyclic amines) is 1. The average molecular weight is 435 g/mol. The number of para-hydroxylation sites is 1. The molecule has 2 aromatic rings. The monoisotopic (exact) mass is 434 g/mol. The largest absolute Gasteiger partial charge is 0.493 e. The van der Waals surface area contributed by atoms with Gasteiger partial charge in [0.25, 0.3) is 0 Å². The first-order chi connectivity index (χ1) is 15.8. The van der Waals surface area contributed by atoms with Crippen molar-refractivity contribution in [3.8, 4) is 5.75 Å². The van der Waals surface area contributed by atoms with Gasteiger partial charge in [0.2, 0.25) is 0 Å². The zero-order chi connectivity index (χ0) is 21.4. The number of nitrogens with zero attached hydrogens (tertiary/aromatic N) is 4. The third-order valence-electron chi connectivity index (χ3n) is 8.23. The van der Waals surface area contributed by atoms with Gasteiger partial charge in [0.1, 0.15) is 12.1 Å². The van der Waals surface area contributed by atoms with E-state index in [0.717, 1.165) is 31.6 Å². The lowest BCUT2D eigenvalue weighted by Crippen LogP contribution is -2.56. The molecule has 170 valence electrons. The molecule has 4 fully saturated rings. The second-order valence-corrected chi connectivity index (χ2v) is 10.4. The summed E-state index contributed by atoms with van der Waals surface area (Å²) in [5.41, 5.74) is 3.10. The van der Waals surface area contributed by atoms with Crippen molar-refractivity contribution in [2.24, 2.45) is 11.3 Å². The molecule has 6 nitrogen and oxygen atoms in total. The normalized spacial score (nSPS) is 26.1. The Hall–Kier alpha value is -2.18. The van der Waals surface area contributed by atoms with Gasteiger partial charge < -0.3 is 19.3 Å². The quantitative estimate of drug-likeness (QED) is 0.690. The molecule has 0 bridgehead atoms. The molecule has 1 saturated carbocycles. The number of ether oxygens (including phenoxy) is 2. The molecular formula is C26H34N4O2. The minimum Gasteiger partial charge on any atom is -0.493 e. The van der Waals surface area contributed by atoms with Crippen molar-refractivity contribution >= 4 is 5.69 Å². The molecule has 0 N–H and O–H groups in total. The van der Waals surface area contributed by atoms with Gasteiger partial charge in [0, 0.05) is 30.5 Å². The Bertz CT molecular complexity index is 905. The van der Waals surface area contributed by atoms with Crippen LogP contribution in [0.15, 0.2) is 43.0 Å². The molecular weight excluding hydrogens is 400 g/mol. The van der Waals surface area contributed by atoms with Gasteiger partial charge in [-0.1, -0.05) is 18.2 Å². The Morgan fingerprint density at radius 2 is 1.81 bits per heavy atom. The lowest BCUT2D eigenvalue weighted by molar-refractivity contribution is -0.0510. The molecule has 1 atom stereocenters. The van der Waals surface area contributed by atoms with Crippen LogP contribution in [-0.2, 0) is 4.74 Å². The molecule has 4 aliphatic rings. The van der Waals surface area contributed by atoms with Gasteiger partial charge in [-0.25, -0.2) is 9.97 Å². The Kier molecular flexibility index (Phi) is 5.51. The molecule has 1 spiro atoms. The molecule has 0 radical (unpaired) electrons. The topological polar surface area (TPSA) is 50.7 Å². The molecule has 1 aliphatic carbocycles. The van der Waals surface area contributed by atoms with Gasteiger partial charge in [0.05, 0.1) is 37.9 Å². The van der Waals surface area contributed by atoms with Crippen LogP contribution < -0.4 is 9.64 Å². The van der Waals surface area contributed by atoms with E-state index in [1.54, 1.807) is 6.33 Å². The summed E-state index contributed by atoms with van der Waals surface area (Å²) in [5.74, 6) is 2.28. The van der Waals surface area contributed by atoms with Crippen molar-refractivity contribution in [3.05, 3.63) is 48.5 Å². The van der Waals surface area contributed by atoms with E-state index in [2.05, 4.69) is 44.0 Å². The SMILES string of the molecule is c1ccc(C2CCN(C3CCC4(C3)CN(c3cncnc3)C4)CC2)c(OCC2COC2)c1. The number of anilines is 1. The van der Waals surface area contributed by atoms with Gasteiger partial charge in [-0.05, 0) is 62.7 Å². The summed E-state index contributed by atoms with van der Waals surface area (Å²) in [4.78, 5) is 13.6. The smallest absolute Gasteiger partial charge is 0.122 e. The van der Waals surface area contributed by atoms with E-state index in [0.29, 0.717) is 17.3 Å². The molecule has 3 saturated heterocycles. The standard InChI is InChI=1S/C26H34N4O2/c1-2-4-25(32-16-20-14-31-15-20)24(3-1)21-6-9-29(10-7-21)22-5-8-26(11-22)17-30(18-26)23-12-27-19-28-13-23/h1-4,12-13,19-22H,5-11,14-18H2. The summed E-state index contributed by atoms with van der Waals surface area (Å²) in [5, 5.41) is 0. The number of piperidine rings is 1. The number of benzene rings is 1. The molecule has 4 heterocycles. The van der Waals surface area contributed by atoms with Crippen molar-refractivity contribution in [2.75, 3.05) is 50.9 Å². The average Bonchev–Trinajstić information content (AvgIpc) is 3.24. The second-order valence-electron chi connectivity index (χ2n) is 10.4. The highest BCUT2D eigenvalue weighted by Crippen LogP contribution is 2.49. The third kappa shape index (κ3) is 3.99. The zero-order valence-corrected chi connectivity index (χ0v) is 18.9. The maximum Gasteiger partial charge on any atom is 0.122 e. The van der Waals surface area contributed by atoms with Gasteiger partial charge in [0.15, 0.2) is 0 Å². The van der Waals surface area contributed by atoms with Gasteiger partial charge in [-0.15, -0.1) is 0 Å². The van der Waals surface area contributed by atoms with Crippen LogP contribution in [-0.4, -0.2) is 66.9 Å². The maximum absolute atomic E-state index is 6.21. The van der Waals surface area contributed by atoms with Crippen LogP contribution in [0.3, 0.4) is 0 Å². The number of hydrogen-bond donors (Lipinski definition) is 0. The second kappa shape index (κ2) is 8.64. The lowest BCUT2D eigenvalue weighted by atomic mass is 9.77. The molecule has 1 aromatic carbocycles. The summed E-state index contributed by atoms with van der Waals surface area (Å²) in [6.07, 6.45) is 12.1. The number of hydrogen-bond acceptors (Lipinski definition) is 6. The lowest BCUT2D eigenvalue weighted by Gasteiger charge is -2.50. The van der Waals surface area contributed by atoms with Crippen LogP contribution in [0.2, 0.25) is 0 Å². The highest BCUT2D eigenvalue weighted by molar-refractivity contribution is 5.46. The summed E-state index contributed by atoms with van der Waals surface area (Å²) >= 11 is 0. The predicted octanol–water partition coefficient (Wildman–Crippen LogP) is 3.74. The first kappa shape index (κ1) is 20.4. The van der Waals surface area contributed by atoms with E-state index < -0.39 is 0 Å². The van der Waals surface area contributed by atoms with E-state index in [1.807, 2.05) is 12.4 Å².